The number of nitrogens with one attached hydrogen (secondary N) is 1. The first-order valence-electron chi connectivity index (χ1n) is 7.59. The van der Waals surface area contributed by atoms with Crippen LogP contribution < -0.4 is 5.32 Å². The first-order chi connectivity index (χ1) is 11.1. The van der Waals surface area contributed by atoms with Crippen LogP contribution in [0.4, 0.5) is 0 Å². The van der Waals surface area contributed by atoms with Crippen LogP contribution in [0, 0.1) is 6.92 Å². The highest BCUT2D eigenvalue weighted by atomic mass is 32.1. The minimum absolute atomic E-state index is 0.277. The van der Waals surface area contributed by atoms with Gasteiger partial charge in [-0.3, -0.25) is 4.68 Å². The van der Waals surface area contributed by atoms with Crippen LogP contribution in [0.15, 0.2) is 36.2 Å². The average Bonchev–Trinajstić information content (AvgIpc) is 3.22. The molecule has 0 fully saturated rings. The monoisotopic (exact) mass is 328 g/mol. The van der Waals surface area contributed by atoms with Gasteiger partial charge in [0, 0.05) is 36.6 Å². The second-order valence-corrected chi connectivity index (χ2v) is 6.48. The third-order valence-corrected chi connectivity index (χ3v) is 4.67. The predicted octanol–water partition coefficient (Wildman–Crippen LogP) is 2.84. The normalized spacial score (nSPS) is 13.9. The van der Waals surface area contributed by atoms with E-state index in [1.54, 1.807) is 29.8 Å². The van der Waals surface area contributed by atoms with Crippen molar-refractivity contribution in [3.05, 3.63) is 47.5 Å². The maximum atomic E-state index is 4.60. The van der Waals surface area contributed by atoms with Gasteiger partial charge in [-0.05, 0) is 32.4 Å². The fourth-order valence-corrected chi connectivity index (χ4v) is 2.99. The first-order valence-corrected chi connectivity index (χ1v) is 8.47. The van der Waals surface area contributed by atoms with Crippen LogP contribution in [0.5, 0.6) is 0 Å². The molecular weight excluding hydrogens is 308 g/mol. The van der Waals surface area contributed by atoms with Gasteiger partial charge in [-0.2, -0.15) is 5.10 Å². The van der Waals surface area contributed by atoms with Crippen LogP contribution in [0.25, 0.3) is 10.8 Å². The van der Waals surface area contributed by atoms with Crippen molar-refractivity contribution in [3.8, 4) is 10.8 Å². The van der Waals surface area contributed by atoms with E-state index < -0.39 is 0 Å². The smallest absolute Gasteiger partial charge is 0.188 e. The van der Waals surface area contributed by atoms with Crippen molar-refractivity contribution in [2.24, 2.45) is 0 Å². The largest absolute Gasteiger partial charge is 0.306 e. The maximum Gasteiger partial charge on any atom is 0.188 e. The van der Waals surface area contributed by atoms with Gasteiger partial charge in [0.25, 0.3) is 0 Å². The van der Waals surface area contributed by atoms with E-state index in [9.17, 15) is 0 Å². The Bertz CT molecular complexity index is 751. The molecule has 0 aliphatic heterocycles. The molecular formula is C16H20N6S. The Hall–Kier alpha value is -2.12. The van der Waals surface area contributed by atoms with Crippen LogP contribution in [0.3, 0.4) is 0 Å². The van der Waals surface area contributed by atoms with Crippen LogP contribution in [0.2, 0.25) is 0 Å². The molecule has 0 aliphatic rings. The van der Waals surface area contributed by atoms with E-state index in [4.69, 9.17) is 0 Å². The van der Waals surface area contributed by atoms with Crippen molar-refractivity contribution >= 4 is 11.3 Å². The van der Waals surface area contributed by atoms with E-state index in [-0.39, 0.29) is 12.1 Å². The Labute approximate surface area is 139 Å². The number of hydrogen-bond acceptors (Lipinski definition) is 6. The van der Waals surface area contributed by atoms with E-state index in [0.717, 1.165) is 17.2 Å². The highest BCUT2D eigenvalue weighted by Gasteiger charge is 2.15. The zero-order valence-corrected chi connectivity index (χ0v) is 14.3. The molecule has 0 amide bonds. The molecule has 3 heterocycles. The minimum Gasteiger partial charge on any atom is -0.306 e. The summed E-state index contributed by atoms with van der Waals surface area (Å²) in [6, 6.07) is 2.37. The Balaban J connectivity index is 1.59. The summed E-state index contributed by atoms with van der Waals surface area (Å²) in [6.45, 7) is 7.09. The Morgan fingerprint density at radius 1 is 1.26 bits per heavy atom. The van der Waals surface area contributed by atoms with Crippen LogP contribution in [0.1, 0.15) is 31.1 Å². The minimum atomic E-state index is 0.277. The zero-order valence-electron chi connectivity index (χ0n) is 13.5. The fourth-order valence-electron chi connectivity index (χ4n) is 2.22. The van der Waals surface area contributed by atoms with Crippen molar-refractivity contribution in [3.63, 3.8) is 0 Å². The zero-order chi connectivity index (χ0) is 16.2. The third-order valence-electron chi connectivity index (χ3n) is 3.79. The van der Waals surface area contributed by atoms with Gasteiger partial charge in [-0.1, -0.05) is 0 Å². The van der Waals surface area contributed by atoms with Crippen molar-refractivity contribution < 1.29 is 0 Å². The summed E-state index contributed by atoms with van der Waals surface area (Å²) in [7, 11) is 0. The Morgan fingerprint density at radius 2 is 2.04 bits per heavy atom. The molecule has 0 saturated heterocycles. The molecule has 0 spiro atoms. The number of nitrogens with zero attached hydrogens (tertiary/aromatic N) is 5. The molecule has 0 saturated carbocycles. The fraction of sp³-hybridized carbons (Fsp3) is 0.375. The topological polar surface area (TPSA) is 68.5 Å². The summed E-state index contributed by atoms with van der Waals surface area (Å²) in [5.41, 5.74) is 2.18. The summed E-state index contributed by atoms with van der Waals surface area (Å²) in [5, 5.41) is 10.8. The molecule has 0 bridgehead atoms. The number of aryl methyl sites for hydroxylation is 1. The number of thiazole rings is 1. The summed E-state index contributed by atoms with van der Waals surface area (Å²) in [4.78, 5) is 13.1. The number of aromatic nitrogens is 5. The molecule has 3 aromatic rings. The summed E-state index contributed by atoms with van der Waals surface area (Å²) < 4.78 is 2.00. The lowest BCUT2D eigenvalue weighted by molar-refractivity contribution is 0.364. The molecule has 3 rings (SSSR count). The molecule has 1 N–H and O–H groups in total. The van der Waals surface area contributed by atoms with Crippen LogP contribution in [-0.4, -0.2) is 30.8 Å². The average molecular weight is 328 g/mol. The van der Waals surface area contributed by atoms with Gasteiger partial charge >= 0.3 is 0 Å². The van der Waals surface area contributed by atoms with Crippen LogP contribution >= 0.6 is 11.3 Å². The lowest BCUT2D eigenvalue weighted by Crippen LogP contribution is -2.33. The molecule has 120 valence electrons. The van der Waals surface area contributed by atoms with Crippen molar-refractivity contribution in [2.45, 2.75) is 39.4 Å². The molecule has 7 heteroatoms. The van der Waals surface area contributed by atoms with Gasteiger partial charge in [0.15, 0.2) is 10.8 Å². The number of hydrogen-bond donors (Lipinski definition) is 1. The van der Waals surface area contributed by atoms with E-state index in [2.05, 4.69) is 52.3 Å². The first kappa shape index (κ1) is 15.8. The standard InChI is InChI=1S/C16H20N6S/c1-11-7-20-22(9-11)13(3)12(2)19-8-14-10-23-16(21-14)15-17-5-4-6-18-15/h4-7,9-10,12-13,19H,8H2,1-3H3/t12-,13-/m0/s1. The quantitative estimate of drug-likeness (QED) is 0.753. The molecule has 3 aromatic heterocycles. The molecule has 0 radical (unpaired) electrons. The van der Waals surface area contributed by atoms with E-state index in [0.29, 0.717) is 5.82 Å². The number of rotatable bonds is 6. The lowest BCUT2D eigenvalue weighted by Gasteiger charge is -2.21. The SMILES string of the molecule is Cc1cnn([C@@H](C)[C@H](C)NCc2csc(-c3ncccn3)n2)c1. The highest BCUT2D eigenvalue weighted by Crippen LogP contribution is 2.20. The van der Waals surface area contributed by atoms with E-state index in [1.807, 2.05) is 16.3 Å². The van der Waals surface area contributed by atoms with Crippen molar-refractivity contribution in [1.82, 2.24) is 30.0 Å². The van der Waals surface area contributed by atoms with Crippen molar-refractivity contribution in [2.75, 3.05) is 0 Å². The molecule has 2 atom stereocenters. The highest BCUT2D eigenvalue weighted by molar-refractivity contribution is 7.13. The predicted molar refractivity (Wildman–Crippen MR) is 91.1 cm³/mol. The summed E-state index contributed by atoms with van der Waals surface area (Å²) >= 11 is 1.57. The van der Waals surface area contributed by atoms with E-state index in [1.165, 1.54) is 5.56 Å². The Morgan fingerprint density at radius 3 is 2.74 bits per heavy atom. The van der Waals surface area contributed by atoms with Gasteiger partial charge in [-0.15, -0.1) is 11.3 Å². The molecule has 0 aliphatic carbocycles. The summed E-state index contributed by atoms with van der Waals surface area (Å²) in [6.07, 6.45) is 7.42. The van der Waals surface area contributed by atoms with E-state index >= 15 is 0 Å². The van der Waals surface area contributed by atoms with Gasteiger partial charge in [0.05, 0.1) is 17.9 Å². The van der Waals surface area contributed by atoms with Gasteiger partial charge in [0.2, 0.25) is 0 Å². The Kier molecular flexibility index (Phi) is 4.78. The summed E-state index contributed by atoms with van der Waals surface area (Å²) in [5.74, 6) is 0.678. The molecule has 0 unspecified atom stereocenters. The van der Waals surface area contributed by atoms with Gasteiger partial charge < -0.3 is 5.32 Å². The van der Waals surface area contributed by atoms with Crippen molar-refractivity contribution in [1.29, 1.82) is 0 Å². The molecule has 6 nitrogen and oxygen atoms in total. The maximum absolute atomic E-state index is 4.60. The molecule has 23 heavy (non-hydrogen) atoms. The van der Waals surface area contributed by atoms with Gasteiger partial charge in [-0.25, -0.2) is 15.0 Å². The van der Waals surface area contributed by atoms with Crippen LogP contribution in [-0.2, 0) is 6.54 Å². The molecule has 0 aromatic carbocycles. The second kappa shape index (κ2) is 6.97. The lowest BCUT2D eigenvalue weighted by atomic mass is 10.1. The van der Waals surface area contributed by atoms with Gasteiger partial charge in [0.1, 0.15) is 0 Å². The second-order valence-electron chi connectivity index (χ2n) is 5.62. The third kappa shape index (κ3) is 3.80.